The molecule has 2 aromatic carbocycles. The van der Waals surface area contributed by atoms with Crippen molar-refractivity contribution in [2.75, 3.05) is 0 Å². The van der Waals surface area contributed by atoms with Crippen LogP contribution in [0.3, 0.4) is 0 Å². The monoisotopic (exact) mass is 530 g/mol. The normalized spacial score (nSPS) is 13.5. The van der Waals surface area contributed by atoms with Gasteiger partial charge in [0.05, 0.1) is 0 Å². The van der Waals surface area contributed by atoms with Crippen molar-refractivity contribution in [1.82, 2.24) is 0 Å². The Bertz CT molecular complexity index is 958. The van der Waals surface area contributed by atoms with Crippen LogP contribution < -0.4 is 0 Å². The van der Waals surface area contributed by atoms with Gasteiger partial charge in [-0.15, -0.1) is 23.1 Å². The molecule has 0 unspecified atom stereocenters. The van der Waals surface area contributed by atoms with E-state index in [1.807, 2.05) is 12.2 Å². The van der Waals surface area contributed by atoms with Gasteiger partial charge in [-0.25, -0.2) is 12.2 Å². The quantitative estimate of drug-likeness (QED) is 0.233. The van der Waals surface area contributed by atoms with Crippen molar-refractivity contribution >= 4 is 3.71 Å². The summed E-state index contributed by atoms with van der Waals surface area (Å²) in [5, 5.41) is 0. The van der Waals surface area contributed by atoms with E-state index in [9.17, 15) is 0 Å². The van der Waals surface area contributed by atoms with Crippen LogP contribution in [-0.4, -0.2) is 3.71 Å². The molecule has 0 N–H and O–H groups in total. The van der Waals surface area contributed by atoms with Crippen LogP contribution in [-0.2, 0) is 41.5 Å². The van der Waals surface area contributed by atoms with Crippen LogP contribution in [0.1, 0.15) is 108 Å². The number of unbranched alkanes of at least 4 members (excludes halogenated alkanes) is 2. The molecule has 0 fully saturated rings. The Morgan fingerprint density at radius 1 is 0.941 bits per heavy atom. The Balaban J connectivity index is 0.000000306. The fourth-order valence-corrected chi connectivity index (χ4v) is 5.17. The Labute approximate surface area is 225 Å². The number of aryl methyl sites for hydroxylation is 2. The largest absolute Gasteiger partial charge is 0.273 e. The molecule has 0 aromatic heterocycles. The van der Waals surface area contributed by atoms with Gasteiger partial charge in [-0.1, -0.05) is 71.6 Å². The van der Waals surface area contributed by atoms with Crippen LogP contribution in [0, 0.1) is 26.0 Å². The van der Waals surface area contributed by atoms with Crippen LogP contribution in [0.4, 0.5) is 0 Å². The van der Waals surface area contributed by atoms with Gasteiger partial charge < -0.3 is 0 Å². The van der Waals surface area contributed by atoms with Gasteiger partial charge >= 0.3 is 54.1 Å². The number of benzene rings is 2. The van der Waals surface area contributed by atoms with E-state index in [-0.39, 0.29) is 10.8 Å². The summed E-state index contributed by atoms with van der Waals surface area (Å²) in [6.07, 6.45) is 15.1. The minimum Gasteiger partial charge on any atom is -0.273 e. The van der Waals surface area contributed by atoms with Crippen LogP contribution in [0.5, 0.6) is 0 Å². The molecule has 180 valence electrons. The molecule has 0 saturated heterocycles. The Morgan fingerprint density at radius 2 is 1.59 bits per heavy atom. The third kappa shape index (κ3) is 7.85. The van der Waals surface area contributed by atoms with Gasteiger partial charge in [-0.05, 0) is 35.4 Å². The predicted octanol–water partition coefficient (Wildman–Crippen LogP) is 9.10. The van der Waals surface area contributed by atoms with E-state index < -0.39 is 0 Å². The molecule has 4 rings (SSSR count). The van der Waals surface area contributed by atoms with Crippen molar-refractivity contribution in [3.8, 4) is 11.1 Å². The van der Waals surface area contributed by atoms with E-state index in [1.165, 1.54) is 63.8 Å². The molecule has 0 bridgehead atoms. The van der Waals surface area contributed by atoms with Crippen molar-refractivity contribution < 1.29 is 24.2 Å². The summed E-state index contributed by atoms with van der Waals surface area (Å²) in [5.74, 6) is 0. The molecule has 2 aromatic rings. The molecule has 0 heterocycles. The smallest absolute Gasteiger partial charge is 0.0129 e. The maximum atomic E-state index is 3.69. The first-order chi connectivity index (χ1) is 15.9. The number of rotatable bonds is 3. The van der Waals surface area contributed by atoms with Crippen LogP contribution >= 0.6 is 0 Å². The molecule has 1 heteroatoms. The summed E-state index contributed by atoms with van der Waals surface area (Å²) in [5.41, 5.74) is 11.6. The third-order valence-corrected chi connectivity index (χ3v) is 7.08. The molecule has 0 saturated carbocycles. The van der Waals surface area contributed by atoms with E-state index in [0.717, 1.165) is 12.8 Å². The average molecular weight is 532 g/mol. The molecular weight excluding hydrogens is 488 g/mol. The zero-order valence-electron chi connectivity index (χ0n) is 23.1. The second kappa shape index (κ2) is 12.6. The van der Waals surface area contributed by atoms with Crippen LogP contribution in [0.2, 0.25) is 0 Å². The summed E-state index contributed by atoms with van der Waals surface area (Å²) in [6, 6.07) is 10.9. The maximum absolute atomic E-state index is 3.69. The standard InChI is InChI=1S/C23H29.C5H5.C5H10.Zr/c1-14-9-16-11-17-10-15(2)21(23(6,7)8)13-19(17)18(16)12-20(14)22(3,4)5;1-2-4-5-3-1;1-3-5-4-2;/h9,12-13H,11H2,1-8H3;1-3H,4H2;1H,3-5H2,2H3;/q2*-1;;+2. The molecule has 0 radical (unpaired) electrons. The summed E-state index contributed by atoms with van der Waals surface area (Å²) in [6.45, 7) is 20.5. The van der Waals surface area contributed by atoms with Gasteiger partial charge in [0.2, 0.25) is 0 Å². The van der Waals surface area contributed by atoms with Gasteiger partial charge in [0.15, 0.2) is 0 Å². The van der Waals surface area contributed by atoms with Crippen molar-refractivity contribution in [1.29, 1.82) is 0 Å². The molecule has 0 spiro atoms. The zero-order chi connectivity index (χ0) is 25.5. The van der Waals surface area contributed by atoms with E-state index in [0.29, 0.717) is 0 Å². The van der Waals surface area contributed by atoms with E-state index in [4.69, 9.17) is 0 Å². The number of hydrogen-bond acceptors (Lipinski definition) is 0. The summed E-state index contributed by atoms with van der Waals surface area (Å²) >= 11 is 1.57. The Morgan fingerprint density at radius 3 is 2.03 bits per heavy atom. The van der Waals surface area contributed by atoms with Crippen LogP contribution in [0.25, 0.3) is 11.1 Å². The molecule has 34 heavy (non-hydrogen) atoms. The minimum atomic E-state index is 0.163. The van der Waals surface area contributed by atoms with Crippen molar-refractivity contribution in [2.45, 2.75) is 105 Å². The molecule has 2 aliphatic carbocycles. The van der Waals surface area contributed by atoms with Gasteiger partial charge in [-0.2, -0.15) is 23.8 Å². The first-order valence-corrected chi connectivity index (χ1v) is 14.2. The summed E-state index contributed by atoms with van der Waals surface area (Å²) in [7, 11) is 0. The van der Waals surface area contributed by atoms with Crippen molar-refractivity contribution in [2.24, 2.45) is 0 Å². The average Bonchev–Trinajstić information content (AvgIpc) is 3.41. The first-order valence-electron chi connectivity index (χ1n) is 12.8. The summed E-state index contributed by atoms with van der Waals surface area (Å²) < 4.78 is 2.30. The molecule has 0 amide bonds. The SMILES string of the molecule is CCCC[CH]=[Zr+2].Cc1[c-]c2c(cc1C(C)(C)C)-c1cc(C(C)(C)C)c(C)cc1C2.[C-]1=CC=CC1. The topological polar surface area (TPSA) is 0 Å². The Kier molecular flexibility index (Phi) is 10.7. The molecular formula is C33H44Zr. The van der Waals surface area contributed by atoms with Gasteiger partial charge in [0.25, 0.3) is 0 Å². The fraction of sp³-hybridized carbons (Fsp3) is 0.485. The number of allylic oxidation sites excluding steroid dienone is 4. The molecule has 0 aliphatic heterocycles. The second-order valence-electron chi connectivity index (χ2n) is 11.6. The summed E-state index contributed by atoms with van der Waals surface area (Å²) in [4.78, 5) is 0. The first kappa shape index (κ1) is 28.9. The zero-order valence-corrected chi connectivity index (χ0v) is 25.5. The number of hydrogen-bond donors (Lipinski definition) is 0. The predicted molar refractivity (Wildman–Crippen MR) is 148 cm³/mol. The second-order valence-corrected chi connectivity index (χ2v) is 12.6. The van der Waals surface area contributed by atoms with Crippen molar-refractivity contribution in [3.63, 3.8) is 0 Å². The minimum absolute atomic E-state index is 0.163. The molecule has 2 aliphatic rings. The maximum Gasteiger partial charge on any atom is -0.0129 e. The van der Waals surface area contributed by atoms with E-state index in [2.05, 4.69) is 102 Å². The van der Waals surface area contributed by atoms with Crippen molar-refractivity contribution in [3.05, 3.63) is 82.0 Å². The third-order valence-electron chi connectivity index (χ3n) is 6.37. The fourth-order valence-electron chi connectivity index (χ4n) is 4.67. The van der Waals surface area contributed by atoms with Gasteiger partial charge in [0, 0.05) is 0 Å². The number of fused-ring (bicyclic) bond motifs is 3. The van der Waals surface area contributed by atoms with E-state index in [1.54, 1.807) is 24.2 Å². The van der Waals surface area contributed by atoms with Gasteiger partial charge in [0.1, 0.15) is 0 Å². The Hall–Kier alpha value is -1.33. The van der Waals surface area contributed by atoms with Crippen LogP contribution in [0.15, 0.2) is 36.4 Å². The molecule has 0 nitrogen and oxygen atoms in total. The molecule has 0 atom stereocenters. The van der Waals surface area contributed by atoms with E-state index >= 15 is 0 Å². The van der Waals surface area contributed by atoms with Gasteiger partial charge in [-0.3, -0.25) is 6.08 Å².